The molecule has 0 saturated carbocycles. The molecule has 2 rings (SSSR count). The highest BCUT2D eigenvalue weighted by atomic mass is 32.1. The third-order valence-corrected chi connectivity index (χ3v) is 3.58. The first kappa shape index (κ1) is 16.7. The zero-order valence-corrected chi connectivity index (χ0v) is 12.9. The number of alkyl halides is 3. The van der Waals surface area contributed by atoms with Crippen LogP contribution in [0, 0.1) is 0 Å². The summed E-state index contributed by atoms with van der Waals surface area (Å²) in [4.78, 5) is 11.1. The zero-order valence-electron chi connectivity index (χ0n) is 12.1. The van der Waals surface area contributed by atoms with Gasteiger partial charge in [0.15, 0.2) is 5.71 Å². The molecule has 1 aliphatic rings. The second-order valence-electron chi connectivity index (χ2n) is 5.22. The molecular formula is C14H15F3N4S. The molecule has 2 heterocycles. The molecule has 0 radical (unpaired) electrons. The van der Waals surface area contributed by atoms with Gasteiger partial charge >= 0.3 is 6.18 Å². The molecule has 1 unspecified atom stereocenters. The van der Waals surface area contributed by atoms with Crippen molar-refractivity contribution in [2.24, 2.45) is 15.7 Å². The summed E-state index contributed by atoms with van der Waals surface area (Å²) in [6.45, 7) is 4.04. The number of nitrogens with zero attached hydrogens (tertiary/aromatic N) is 3. The Morgan fingerprint density at radius 2 is 2.05 bits per heavy atom. The summed E-state index contributed by atoms with van der Waals surface area (Å²) in [6, 6.07) is 3.69. The van der Waals surface area contributed by atoms with Gasteiger partial charge in [0.1, 0.15) is 12.0 Å². The largest absolute Gasteiger partial charge is 0.434 e. The van der Waals surface area contributed by atoms with E-state index in [2.05, 4.69) is 27.2 Å². The Balaban J connectivity index is 2.29. The number of hydrogen-bond acceptors (Lipinski definition) is 5. The van der Waals surface area contributed by atoms with Crippen LogP contribution < -0.4 is 5.73 Å². The van der Waals surface area contributed by atoms with Gasteiger partial charge in [-0.05, 0) is 23.6 Å². The molecule has 1 atom stereocenters. The predicted molar refractivity (Wildman–Crippen MR) is 83.5 cm³/mol. The van der Waals surface area contributed by atoms with Gasteiger partial charge in [-0.25, -0.2) is 9.98 Å². The third-order valence-electron chi connectivity index (χ3n) is 3.15. The molecular weight excluding hydrogens is 313 g/mol. The van der Waals surface area contributed by atoms with E-state index in [-0.39, 0.29) is 12.3 Å². The minimum absolute atomic E-state index is 0.0122. The standard InChI is InChI=1S/C14H15F3N4S/c1-7(2)8-3-4-19-9(5-8)6-10-20-12(14(15,16)17)11(22)13(18)21-10/h3-5,7,13H,6,18H2,1-2H3. The number of aromatic nitrogens is 1. The number of rotatable bonds is 3. The van der Waals surface area contributed by atoms with E-state index in [1.165, 1.54) is 0 Å². The summed E-state index contributed by atoms with van der Waals surface area (Å²) in [6.07, 6.45) is -4.14. The van der Waals surface area contributed by atoms with Crippen LogP contribution in [-0.2, 0) is 6.42 Å². The monoisotopic (exact) mass is 328 g/mol. The lowest BCUT2D eigenvalue weighted by molar-refractivity contribution is -0.0566. The molecule has 0 saturated heterocycles. The van der Waals surface area contributed by atoms with Crippen LogP contribution in [0.3, 0.4) is 0 Å². The number of thiocarbonyl (C=S) groups is 1. The van der Waals surface area contributed by atoms with Crippen molar-refractivity contribution in [3.63, 3.8) is 0 Å². The maximum absolute atomic E-state index is 12.9. The Morgan fingerprint density at radius 1 is 1.36 bits per heavy atom. The van der Waals surface area contributed by atoms with Gasteiger partial charge in [-0.1, -0.05) is 26.1 Å². The lowest BCUT2D eigenvalue weighted by atomic mass is 10.0. The highest BCUT2D eigenvalue weighted by Crippen LogP contribution is 2.23. The van der Waals surface area contributed by atoms with E-state index >= 15 is 0 Å². The van der Waals surface area contributed by atoms with Crippen molar-refractivity contribution in [2.45, 2.75) is 38.5 Å². The minimum atomic E-state index is -4.64. The van der Waals surface area contributed by atoms with Gasteiger partial charge in [-0.2, -0.15) is 13.2 Å². The zero-order chi connectivity index (χ0) is 16.5. The summed E-state index contributed by atoms with van der Waals surface area (Å²) in [5, 5.41) is 0. The Kier molecular flexibility index (Phi) is 4.72. The molecule has 1 aromatic heterocycles. The highest BCUT2D eigenvalue weighted by Gasteiger charge is 2.42. The second kappa shape index (κ2) is 6.21. The average Bonchev–Trinajstić information content (AvgIpc) is 2.41. The van der Waals surface area contributed by atoms with Gasteiger partial charge in [0.05, 0.1) is 4.86 Å². The smallest absolute Gasteiger partial charge is 0.305 e. The maximum atomic E-state index is 12.9. The number of hydrogen-bond donors (Lipinski definition) is 1. The molecule has 0 aromatic carbocycles. The summed E-state index contributed by atoms with van der Waals surface area (Å²) < 4.78 is 38.7. The highest BCUT2D eigenvalue weighted by molar-refractivity contribution is 7.82. The van der Waals surface area contributed by atoms with E-state index in [9.17, 15) is 13.2 Å². The van der Waals surface area contributed by atoms with E-state index in [1.807, 2.05) is 26.0 Å². The number of amidine groups is 1. The van der Waals surface area contributed by atoms with Crippen molar-refractivity contribution >= 4 is 28.6 Å². The van der Waals surface area contributed by atoms with Crippen LogP contribution in [0.4, 0.5) is 13.2 Å². The molecule has 1 aliphatic heterocycles. The first-order valence-corrected chi connectivity index (χ1v) is 7.06. The molecule has 0 spiro atoms. The normalized spacial score (nSPS) is 19.2. The fourth-order valence-corrected chi connectivity index (χ4v) is 2.19. The van der Waals surface area contributed by atoms with Crippen molar-refractivity contribution in [3.05, 3.63) is 29.6 Å². The van der Waals surface area contributed by atoms with Crippen LogP contribution in [0.5, 0.6) is 0 Å². The lowest BCUT2D eigenvalue weighted by Crippen LogP contribution is -2.44. The molecule has 22 heavy (non-hydrogen) atoms. The van der Waals surface area contributed by atoms with Gasteiger partial charge in [0.2, 0.25) is 0 Å². The fraction of sp³-hybridized carbons (Fsp3) is 0.429. The molecule has 0 bridgehead atoms. The van der Waals surface area contributed by atoms with Gasteiger partial charge < -0.3 is 5.73 Å². The molecule has 4 nitrogen and oxygen atoms in total. The molecule has 2 N–H and O–H groups in total. The van der Waals surface area contributed by atoms with E-state index in [0.717, 1.165) is 5.56 Å². The molecule has 0 aliphatic carbocycles. The first-order valence-electron chi connectivity index (χ1n) is 6.65. The number of pyridine rings is 1. The van der Waals surface area contributed by atoms with Gasteiger partial charge in [0, 0.05) is 18.3 Å². The number of nitrogens with two attached hydrogens (primary N) is 1. The van der Waals surface area contributed by atoms with Gasteiger partial charge in [-0.15, -0.1) is 0 Å². The van der Waals surface area contributed by atoms with E-state index in [1.54, 1.807) is 6.20 Å². The topological polar surface area (TPSA) is 63.6 Å². The van der Waals surface area contributed by atoms with E-state index < -0.39 is 22.9 Å². The summed E-state index contributed by atoms with van der Waals surface area (Å²) >= 11 is 4.67. The SMILES string of the molecule is CC(C)c1ccnc(CC2=NC(N)C(=S)C(C(F)(F)F)=N2)c1. The van der Waals surface area contributed by atoms with Gasteiger partial charge in [-0.3, -0.25) is 4.98 Å². The summed E-state index contributed by atoms with van der Waals surface area (Å²) in [5.41, 5.74) is 6.05. The molecule has 0 amide bonds. The van der Waals surface area contributed by atoms with Crippen LogP contribution in [-0.4, -0.2) is 33.7 Å². The molecule has 1 aromatic rings. The van der Waals surface area contributed by atoms with Crippen LogP contribution in [0.15, 0.2) is 28.3 Å². The van der Waals surface area contributed by atoms with Crippen molar-refractivity contribution in [3.8, 4) is 0 Å². The minimum Gasteiger partial charge on any atom is -0.305 e. The summed E-state index contributed by atoms with van der Waals surface area (Å²) in [7, 11) is 0. The van der Waals surface area contributed by atoms with Crippen LogP contribution >= 0.6 is 12.2 Å². The van der Waals surface area contributed by atoms with Crippen molar-refractivity contribution in [1.29, 1.82) is 0 Å². The Morgan fingerprint density at radius 3 is 2.64 bits per heavy atom. The molecule has 0 fully saturated rings. The number of aliphatic imine (C=N–C) groups is 2. The van der Waals surface area contributed by atoms with Crippen molar-refractivity contribution in [1.82, 2.24) is 4.98 Å². The van der Waals surface area contributed by atoms with Crippen molar-refractivity contribution in [2.75, 3.05) is 0 Å². The van der Waals surface area contributed by atoms with Crippen LogP contribution in [0.25, 0.3) is 0 Å². The van der Waals surface area contributed by atoms with Crippen LogP contribution in [0.1, 0.15) is 31.0 Å². The van der Waals surface area contributed by atoms with Crippen molar-refractivity contribution < 1.29 is 13.2 Å². The van der Waals surface area contributed by atoms with E-state index in [0.29, 0.717) is 11.6 Å². The molecule has 118 valence electrons. The quantitative estimate of drug-likeness (QED) is 0.868. The Bertz CT molecular complexity index is 650. The average molecular weight is 328 g/mol. The Hall–Kier alpha value is -1.67. The van der Waals surface area contributed by atoms with E-state index in [4.69, 9.17) is 5.73 Å². The lowest BCUT2D eigenvalue weighted by Gasteiger charge is -2.20. The summed E-state index contributed by atoms with van der Waals surface area (Å²) in [5.74, 6) is 0.279. The first-order chi connectivity index (χ1) is 10.2. The fourth-order valence-electron chi connectivity index (χ4n) is 1.98. The molecule has 8 heteroatoms. The number of halogens is 3. The maximum Gasteiger partial charge on any atom is 0.434 e. The predicted octanol–water partition coefficient (Wildman–Crippen LogP) is 2.82. The van der Waals surface area contributed by atoms with Gasteiger partial charge in [0.25, 0.3) is 0 Å². The third kappa shape index (κ3) is 3.75. The van der Waals surface area contributed by atoms with Crippen LogP contribution in [0.2, 0.25) is 0 Å². The Labute approximate surface area is 131 Å². The second-order valence-corrected chi connectivity index (χ2v) is 5.66.